The highest BCUT2D eigenvalue weighted by molar-refractivity contribution is 9.10. The number of hydrogen-bond donors (Lipinski definition) is 1. The maximum absolute atomic E-state index is 3.60. The Labute approximate surface area is 169 Å². The average molecular weight is 419 g/mol. The molecule has 3 aromatic carbocycles. The number of halogens is 1. The van der Waals surface area contributed by atoms with Crippen molar-refractivity contribution in [1.82, 2.24) is 9.88 Å². The summed E-state index contributed by atoms with van der Waals surface area (Å²) in [5.41, 5.74) is 5.29. The Balaban J connectivity index is 1.51. The van der Waals surface area contributed by atoms with Crippen LogP contribution in [0.5, 0.6) is 0 Å². The lowest BCUT2D eigenvalue weighted by atomic mass is 10.1. The second kappa shape index (κ2) is 8.55. The zero-order valence-electron chi connectivity index (χ0n) is 15.2. The highest BCUT2D eigenvalue weighted by atomic mass is 79.9. The van der Waals surface area contributed by atoms with Crippen molar-refractivity contribution in [1.29, 1.82) is 0 Å². The zero-order chi connectivity index (χ0) is 18.5. The highest BCUT2D eigenvalue weighted by Crippen LogP contribution is 2.23. The Morgan fingerprint density at radius 2 is 1.41 bits per heavy atom. The van der Waals surface area contributed by atoms with Gasteiger partial charge in [0.15, 0.2) is 0 Å². The Bertz CT molecular complexity index is 951. The largest absolute Gasteiger partial charge is 0.361 e. The van der Waals surface area contributed by atoms with Gasteiger partial charge in [0, 0.05) is 41.2 Å². The van der Waals surface area contributed by atoms with Gasteiger partial charge in [-0.15, -0.1) is 0 Å². The van der Waals surface area contributed by atoms with Crippen molar-refractivity contribution in [3.8, 4) is 0 Å². The van der Waals surface area contributed by atoms with Crippen LogP contribution in [0.4, 0.5) is 0 Å². The van der Waals surface area contributed by atoms with Gasteiger partial charge in [-0.3, -0.25) is 4.90 Å². The van der Waals surface area contributed by atoms with Crippen LogP contribution in [0.25, 0.3) is 10.9 Å². The van der Waals surface area contributed by atoms with Gasteiger partial charge >= 0.3 is 0 Å². The van der Waals surface area contributed by atoms with Crippen molar-refractivity contribution in [2.24, 2.45) is 0 Å². The molecule has 1 heterocycles. The van der Waals surface area contributed by atoms with Gasteiger partial charge < -0.3 is 4.98 Å². The number of nitrogens with zero attached hydrogens (tertiary/aromatic N) is 1. The van der Waals surface area contributed by atoms with Gasteiger partial charge in [-0.1, -0.05) is 76.6 Å². The predicted octanol–water partition coefficient (Wildman–Crippen LogP) is 6.18. The molecule has 1 N–H and O–H groups in total. The monoisotopic (exact) mass is 418 g/mol. The van der Waals surface area contributed by atoms with E-state index in [4.69, 9.17) is 0 Å². The van der Waals surface area contributed by atoms with Crippen LogP contribution in [0.1, 0.15) is 16.7 Å². The third-order valence-corrected chi connectivity index (χ3v) is 5.42. The molecule has 136 valence electrons. The van der Waals surface area contributed by atoms with Crippen molar-refractivity contribution in [3.05, 3.63) is 106 Å². The topological polar surface area (TPSA) is 19.0 Å². The van der Waals surface area contributed by atoms with Crippen molar-refractivity contribution in [2.75, 3.05) is 6.54 Å². The first kappa shape index (κ1) is 18.0. The number of fused-ring (bicyclic) bond motifs is 1. The summed E-state index contributed by atoms with van der Waals surface area (Å²) in [5.74, 6) is 0. The predicted molar refractivity (Wildman–Crippen MR) is 117 cm³/mol. The van der Waals surface area contributed by atoms with Gasteiger partial charge in [0.1, 0.15) is 0 Å². The van der Waals surface area contributed by atoms with Crippen LogP contribution < -0.4 is 0 Å². The van der Waals surface area contributed by atoms with E-state index in [0.717, 1.165) is 30.5 Å². The molecule has 4 aromatic rings. The molecule has 0 amide bonds. The molecule has 0 radical (unpaired) electrons. The minimum absolute atomic E-state index is 0.960. The number of benzene rings is 3. The fourth-order valence-electron chi connectivity index (χ4n) is 3.53. The fourth-order valence-corrected chi connectivity index (χ4v) is 3.89. The van der Waals surface area contributed by atoms with E-state index in [9.17, 15) is 0 Å². The van der Waals surface area contributed by atoms with Crippen molar-refractivity contribution in [3.63, 3.8) is 0 Å². The second-order valence-electron chi connectivity index (χ2n) is 6.94. The molecule has 0 saturated heterocycles. The minimum Gasteiger partial charge on any atom is -0.361 e. The first-order valence-corrected chi connectivity index (χ1v) is 10.1. The van der Waals surface area contributed by atoms with Crippen LogP contribution in [0.2, 0.25) is 0 Å². The second-order valence-corrected chi connectivity index (χ2v) is 7.85. The van der Waals surface area contributed by atoms with E-state index in [1.165, 1.54) is 27.6 Å². The summed E-state index contributed by atoms with van der Waals surface area (Å²) in [7, 11) is 0. The molecule has 0 bridgehead atoms. The Morgan fingerprint density at radius 1 is 0.778 bits per heavy atom. The molecular formula is C24H23BrN2. The lowest BCUT2D eigenvalue weighted by Gasteiger charge is -2.22. The summed E-state index contributed by atoms with van der Waals surface area (Å²) in [4.78, 5) is 5.93. The number of aromatic nitrogens is 1. The molecule has 0 aliphatic heterocycles. The number of hydrogen-bond acceptors (Lipinski definition) is 1. The number of H-pyrrole nitrogens is 1. The van der Waals surface area contributed by atoms with Crippen molar-refractivity contribution < 1.29 is 0 Å². The van der Waals surface area contributed by atoms with Gasteiger partial charge in [-0.2, -0.15) is 0 Å². The van der Waals surface area contributed by atoms with Gasteiger partial charge in [-0.25, -0.2) is 0 Å². The molecule has 0 saturated carbocycles. The lowest BCUT2D eigenvalue weighted by molar-refractivity contribution is 0.260. The number of aromatic amines is 1. The molecule has 27 heavy (non-hydrogen) atoms. The fraction of sp³-hybridized carbons (Fsp3) is 0.167. The molecule has 0 spiro atoms. The van der Waals surface area contributed by atoms with Gasteiger partial charge in [0.05, 0.1) is 0 Å². The minimum atomic E-state index is 0.960. The van der Waals surface area contributed by atoms with Gasteiger partial charge in [0.25, 0.3) is 0 Å². The van der Waals surface area contributed by atoms with Crippen LogP contribution in [0.3, 0.4) is 0 Å². The number of rotatable bonds is 7. The molecule has 0 unspecified atom stereocenters. The molecule has 1 aromatic heterocycles. The van der Waals surface area contributed by atoms with Crippen molar-refractivity contribution >= 4 is 26.8 Å². The normalized spacial score (nSPS) is 11.3. The summed E-state index contributed by atoms with van der Waals surface area (Å²) in [5, 5.41) is 1.31. The third kappa shape index (κ3) is 4.68. The van der Waals surface area contributed by atoms with E-state index in [1.807, 2.05) is 0 Å². The summed E-state index contributed by atoms with van der Waals surface area (Å²) in [6.07, 6.45) is 3.18. The molecule has 4 rings (SSSR count). The molecule has 0 atom stereocenters. The summed E-state index contributed by atoms with van der Waals surface area (Å²) >= 11 is 3.60. The van der Waals surface area contributed by atoms with E-state index in [-0.39, 0.29) is 0 Å². The smallest absolute Gasteiger partial charge is 0.0457 e. The Morgan fingerprint density at radius 3 is 2.04 bits per heavy atom. The van der Waals surface area contributed by atoms with E-state index < -0.39 is 0 Å². The van der Waals surface area contributed by atoms with Gasteiger partial charge in [0.2, 0.25) is 0 Å². The van der Waals surface area contributed by atoms with Gasteiger partial charge in [-0.05, 0) is 41.3 Å². The van der Waals surface area contributed by atoms with Crippen LogP contribution in [0, 0.1) is 0 Å². The molecule has 0 aliphatic rings. The third-order valence-electron chi connectivity index (χ3n) is 4.92. The maximum Gasteiger partial charge on any atom is 0.0457 e. The SMILES string of the molecule is Brc1ccc2[nH]cc(CCN(Cc3ccccc3)Cc3ccccc3)c2c1. The van der Waals surface area contributed by atoms with Crippen LogP contribution in [0.15, 0.2) is 89.5 Å². The summed E-state index contributed by atoms with van der Waals surface area (Å²) < 4.78 is 1.13. The molecule has 0 aliphatic carbocycles. The average Bonchev–Trinajstić information content (AvgIpc) is 3.10. The first-order chi connectivity index (χ1) is 13.3. The molecule has 3 heteroatoms. The quantitative estimate of drug-likeness (QED) is 0.379. The van der Waals surface area contributed by atoms with Crippen molar-refractivity contribution in [2.45, 2.75) is 19.5 Å². The molecule has 0 fully saturated rings. The van der Waals surface area contributed by atoms with Crippen LogP contribution >= 0.6 is 15.9 Å². The summed E-state index contributed by atoms with van der Waals surface area (Å²) in [6.45, 7) is 2.94. The highest BCUT2D eigenvalue weighted by Gasteiger charge is 2.10. The lowest BCUT2D eigenvalue weighted by Crippen LogP contribution is -2.25. The Hall–Kier alpha value is -2.36. The van der Waals surface area contributed by atoms with Crippen LogP contribution in [-0.4, -0.2) is 16.4 Å². The summed E-state index contributed by atoms with van der Waals surface area (Å²) in [6, 6.07) is 27.9. The molecule has 2 nitrogen and oxygen atoms in total. The first-order valence-electron chi connectivity index (χ1n) is 9.34. The van der Waals surface area contributed by atoms with E-state index in [1.54, 1.807) is 0 Å². The Kier molecular flexibility index (Phi) is 5.71. The van der Waals surface area contributed by atoms with E-state index in [2.05, 4.69) is 111 Å². The van der Waals surface area contributed by atoms with E-state index >= 15 is 0 Å². The van der Waals surface area contributed by atoms with Crippen LogP contribution in [-0.2, 0) is 19.5 Å². The zero-order valence-corrected chi connectivity index (χ0v) is 16.8. The van der Waals surface area contributed by atoms with E-state index in [0.29, 0.717) is 0 Å². The number of nitrogens with one attached hydrogen (secondary N) is 1. The molecular weight excluding hydrogens is 396 g/mol. The maximum atomic E-state index is 3.60. The standard InChI is InChI=1S/C24H23BrN2/c25-22-11-12-24-23(15-22)21(16-26-24)13-14-27(17-19-7-3-1-4-8-19)18-20-9-5-2-6-10-20/h1-12,15-16,26H,13-14,17-18H2.